The van der Waals surface area contributed by atoms with E-state index < -0.39 is 12.1 Å². The summed E-state index contributed by atoms with van der Waals surface area (Å²) < 4.78 is 45.3. The molecule has 3 aliphatic rings. The van der Waals surface area contributed by atoms with Crippen molar-refractivity contribution in [2.24, 2.45) is 11.8 Å². The van der Waals surface area contributed by atoms with Crippen LogP contribution in [0.5, 0.6) is 0 Å². The molecule has 1 N–H and O–H groups in total. The van der Waals surface area contributed by atoms with Gasteiger partial charge in [-0.3, -0.25) is 9.58 Å². The number of carbonyl (C=O) groups is 1. The van der Waals surface area contributed by atoms with E-state index in [1.54, 1.807) is 0 Å². The summed E-state index contributed by atoms with van der Waals surface area (Å²) in [5, 5.41) is 11.7. The normalized spacial score (nSPS) is 22.8. The van der Waals surface area contributed by atoms with Crippen LogP contribution in [0.2, 0.25) is 0 Å². The molecule has 30 heavy (non-hydrogen) atoms. The third kappa shape index (κ3) is 7.24. The van der Waals surface area contributed by atoms with E-state index in [9.17, 15) is 13.2 Å². The van der Waals surface area contributed by atoms with Gasteiger partial charge in [0.25, 0.3) is 0 Å². The van der Waals surface area contributed by atoms with Gasteiger partial charge < -0.3 is 14.6 Å². The number of hydrogen-bond acceptors (Lipinski definition) is 5. The van der Waals surface area contributed by atoms with Crippen LogP contribution in [0.1, 0.15) is 43.8 Å². The summed E-state index contributed by atoms with van der Waals surface area (Å²) in [4.78, 5) is 11.5. The molecule has 2 aliphatic heterocycles. The zero-order valence-electron chi connectivity index (χ0n) is 17.0. The van der Waals surface area contributed by atoms with Crippen molar-refractivity contribution in [3.05, 3.63) is 18.0 Å². The average Bonchev–Trinajstić information content (AvgIpc) is 3.40. The van der Waals surface area contributed by atoms with Gasteiger partial charge in [0.05, 0.1) is 11.7 Å². The molecule has 4 rings (SSSR count). The zero-order chi connectivity index (χ0) is 21.6. The third-order valence-electron chi connectivity index (χ3n) is 5.70. The fourth-order valence-electron chi connectivity index (χ4n) is 3.87. The molecule has 7 nitrogen and oxygen atoms in total. The van der Waals surface area contributed by atoms with Crippen molar-refractivity contribution in [1.82, 2.24) is 14.7 Å². The highest BCUT2D eigenvalue weighted by Gasteiger charge is 2.38. The maximum absolute atomic E-state index is 10.6. The van der Waals surface area contributed by atoms with Gasteiger partial charge in [-0.15, -0.1) is 0 Å². The second-order valence-corrected chi connectivity index (χ2v) is 8.28. The molecule has 1 aromatic rings. The fraction of sp³-hybridized carbons (Fsp3) is 0.800. The monoisotopic (exact) mass is 433 g/mol. The summed E-state index contributed by atoms with van der Waals surface area (Å²) in [7, 11) is 0. The minimum absolute atomic E-state index is 0.466. The molecule has 0 spiro atoms. The van der Waals surface area contributed by atoms with Gasteiger partial charge >= 0.3 is 12.1 Å². The Morgan fingerprint density at radius 3 is 2.57 bits per heavy atom. The lowest BCUT2D eigenvalue weighted by atomic mass is 9.98. The number of alkyl halides is 3. The Bertz CT molecular complexity index is 672. The number of nitrogens with zero attached hydrogens (tertiary/aromatic N) is 3. The topological polar surface area (TPSA) is 76.8 Å². The summed E-state index contributed by atoms with van der Waals surface area (Å²) in [5.74, 6) is -1.11. The Hall–Kier alpha value is -1.65. The molecular weight excluding hydrogens is 403 g/mol. The molecule has 2 fully saturated rings. The molecule has 10 heteroatoms. The first-order valence-corrected chi connectivity index (χ1v) is 10.5. The quantitative estimate of drug-likeness (QED) is 0.666. The SMILES string of the molecule is O=C(O)C(F)(F)F.c1cc2n(n1)C(CCOCC1CC1)CN(CC1CCOCC1)C2. The van der Waals surface area contributed by atoms with Crippen LogP contribution in [0.4, 0.5) is 13.2 Å². The summed E-state index contributed by atoms with van der Waals surface area (Å²) in [5.41, 5.74) is 1.36. The maximum Gasteiger partial charge on any atom is 0.490 e. The molecule has 1 aromatic heterocycles. The number of aromatic nitrogens is 2. The van der Waals surface area contributed by atoms with Crippen molar-refractivity contribution >= 4 is 5.97 Å². The van der Waals surface area contributed by atoms with Crippen molar-refractivity contribution in [2.75, 3.05) is 39.5 Å². The average molecular weight is 433 g/mol. The third-order valence-corrected chi connectivity index (χ3v) is 5.70. The molecule has 0 radical (unpaired) electrons. The summed E-state index contributed by atoms with van der Waals surface area (Å²) in [6, 6.07) is 2.64. The van der Waals surface area contributed by atoms with E-state index in [-0.39, 0.29) is 0 Å². The van der Waals surface area contributed by atoms with E-state index in [1.807, 2.05) is 6.20 Å². The van der Waals surface area contributed by atoms with E-state index in [4.69, 9.17) is 19.4 Å². The van der Waals surface area contributed by atoms with Crippen LogP contribution in [0.15, 0.2) is 12.3 Å². The highest BCUT2D eigenvalue weighted by Crippen LogP contribution is 2.29. The zero-order valence-corrected chi connectivity index (χ0v) is 17.0. The predicted molar refractivity (Wildman–Crippen MR) is 102 cm³/mol. The van der Waals surface area contributed by atoms with Gasteiger partial charge in [0.1, 0.15) is 0 Å². The molecule has 1 aliphatic carbocycles. The van der Waals surface area contributed by atoms with E-state index in [2.05, 4.69) is 20.7 Å². The highest BCUT2D eigenvalue weighted by atomic mass is 19.4. The Labute approximate surface area is 174 Å². The first kappa shape index (κ1) is 23.0. The first-order chi connectivity index (χ1) is 14.3. The lowest BCUT2D eigenvalue weighted by Gasteiger charge is -2.36. The van der Waals surface area contributed by atoms with Crippen LogP contribution in [-0.2, 0) is 20.8 Å². The second-order valence-electron chi connectivity index (χ2n) is 8.28. The summed E-state index contributed by atoms with van der Waals surface area (Å²) >= 11 is 0. The minimum atomic E-state index is -5.08. The largest absolute Gasteiger partial charge is 0.490 e. The van der Waals surface area contributed by atoms with E-state index >= 15 is 0 Å². The lowest BCUT2D eigenvalue weighted by molar-refractivity contribution is -0.192. The number of aliphatic carboxylic acids is 1. The van der Waals surface area contributed by atoms with Gasteiger partial charge in [-0.05, 0) is 50.0 Å². The summed E-state index contributed by atoms with van der Waals surface area (Å²) in [6.07, 6.45) is 3.10. The number of hydrogen-bond donors (Lipinski definition) is 1. The molecule has 1 unspecified atom stereocenters. The van der Waals surface area contributed by atoms with Gasteiger partial charge in [0, 0.05) is 52.3 Å². The Morgan fingerprint density at radius 1 is 1.23 bits per heavy atom. The molecule has 3 heterocycles. The molecule has 1 atom stereocenters. The van der Waals surface area contributed by atoms with Crippen LogP contribution in [0.3, 0.4) is 0 Å². The Kier molecular flexibility index (Phi) is 8.13. The van der Waals surface area contributed by atoms with Gasteiger partial charge in [-0.2, -0.15) is 18.3 Å². The second kappa shape index (κ2) is 10.6. The molecule has 0 amide bonds. The first-order valence-electron chi connectivity index (χ1n) is 10.5. The van der Waals surface area contributed by atoms with Crippen molar-refractivity contribution in [3.8, 4) is 0 Å². The maximum atomic E-state index is 10.6. The Balaban J connectivity index is 0.000000318. The number of carboxylic acids is 1. The molecule has 0 aromatic carbocycles. The molecule has 0 bridgehead atoms. The number of halogens is 3. The van der Waals surface area contributed by atoms with Gasteiger partial charge in [-0.1, -0.05) is 0 Å². The van der Waals surface area contributed by atoms with E-state index in [0.29, 0.717) is 6.04 Å². The molecular formula is C20H30F3N3O4. The van der Waals surface area contributed by atoms with E-state index in [1.165, 1.54) is 37.9 Å². The summed E-state index contributed by atoms with van der Waals surface area (Å²) in [6.45, 7) is 7.06. The standard InChI is InChI=1S/C18H29N3O2.C2HF3O2/c1-2-16(1)14-23-10-6-18-13-20(11-15-4-8-22-9-5-15)12-17-3-7-19-21(17)18;3-2(4,5)1(6)7/h3,7,15-16,18H,1-2,4-6,8-14H2;(H,6,7). The van der Waals surface area contributed by atoms with E-state index in [0.717, 1.165) is 57.8 Å². The van der Waals surface area contributed by atoms with Crippen LogP contribution >= 0.6 is 0 Å². The van der Waals surface area contributed by atoms with Gasteiger partial charge in [0.15, 0.2) is 0 Å². The number of fused-ring (bicyclic) bond motifs is 1. The van der Waals surface area contributed by atoms with Gasteiger partial charge in [-0.25, -0.2) is 4.79 Å². The highest BCUT2D eigenvalue weighted by molar-refractivity contribution is 5.73. The molecule has 170 valence electrons. The van der Waals surface area contributed by atoms with Crippen molar-refractivity contribution in [3.63, 3.8) is 0 Å². The number of ether oxygens (including phenoxy) is 2. The lowest BCUT2D eigenvalue weighted by Crippen LogP contribution is -2.41. The van der Waals surface area contributed by atoms with Crippen molar-refractivity contribution in [1.29, 1.82) is 0 Å². The van der Waals surface area contributed by atoms with Crippen LogP contribution < -0.4 is 0 Å². The van der Waals surface area contributed by atoms with Crippen molar-refractivity contribution < 1.29 is 32.5 Å². The van der Waals surface area contributed by atoms with Crippen molar-refractivity contribution in [2.45, 2.75) is 50.9 Å². The minimum Gasteiger partial charge on any atom is -0.475 e. The number of rotatable bonds is 7. The van der Waals surface area contributed by atoms with Gasteiger partial charge in [0.2, 0.25) is 0 Å². The van der Waals surface area contributed by atoms with Crippen LogP contribution in [0.25, 0.3) is 0 Å². The molecule has 1 saturated heterocycles. The Morgan fingerprint density at radius 2 is 1.93 bits per heavy atom. The van der Waals surface area contributed by atoms with Crippen LogP contribution in [-0.4, -0.2) is 71.4 Å². The van der Waals surface area contributed by atoms with Crippen LogP contribution in [0, 0.1) is 11.8 Å². The molecule has 1 saturated carbocycles. The fourth-order valence-corrected chi connectivity index (χ4v) is 3.87. The smallest absolute Gasteiger partial charge is 0.475 e. The number of carboxylic acid groups (broad SMARTS) is 1. The predicted octanol–water partition coefficient (Wildman–Crippen LogP) is 3.12.